The van der Waals surface area contributed by atoms with Gasteiger partial charge in [0.1, 0.15) is 6.54 Å². The summed E-state index contributed by atoms with van der Waals surface area (Å²) in [5, 5.41) is 11.5. The Labute approximate surface area is 155 Å². The number of hydrogen-bond acceptors (Lipinski definition) is 6. The molecule has 0 amide bonds. The van der Waals surface area contributed by atoms with Crippen molar-refractivity contribution in [1.82, 2.24) is 0 Å². The molecule has 0 unspecified atom stereocenters. The van der Waals surface area contributed by atoms with E-state index in [1.54, 1.807) is 0 Å². The second-order valence-electron chi connectivity index (χ2n) is 5.22. The molecule has 8 nitrogen and oxygen atoms in total. The van der Waals surface area contributed by atoms with Gasteiger partial charge in [-0.2, -0.15) is 0 Å². The summed E-state index contributed by atoms with van der Waals surface area (Å²) >= 11 is 5.79. The van der Waals surface area contributed by atoms with Crippen molar-refractivity contribution in [3.05, 3.63) is 63.2 Å². The van der Waals surface area contributed by atoms with Gasteiger partial charge in [-0.05, 0) is 37.3 Å². The molecule has 0 atom stereocenters. The second-order valence-corrected chi connectivity index (χ2v) is 7.52. The van der Waals surface area contributed by atoms with Crippen LogP contribution in [0.2, 0.25) is 5.02 Å². The fraction of sp³-hybridized carbons (Fsp3) is 0.188. The molecule has 0 saturated carbocycles. The topological polar surface area (TPSA) is 107 Å². The number of benzene rings is 2. The van der Waals surface area contributed by atoms with E-state index < -0.39 is 27.5 Å². The smallest absolute Gasteiger partial charge is 0.326 e. The number of rotatable bonds is 6. The van der Waals surface area contributed by atoms with Crippen molar-refractivity contribution in [2.45, 2.75) is 11.8 Å². The molecular weight excluding hydrogens is 384 g/mol. The summed E-state index contributed by atoms with van der Waals surface area (Å²) in [6, 6.07) is 9.35. The van der Waals surface area contributed by atoms with Crippen LogP contribution in [0, 0.1) is 17.0 Å². The maximum Gasteiger partial charge on any atom is 0.326 e. The molecular formula is C16H15ClN2O6S. The number of nitrogens with zero attached hydrogens (tertiary/aromatic N) is 2. The summed E-state index contributed by atoms with van der Waals surface area (Å²) in [4.78, 5) is 22.2. The number of methoxy groups -OCH3 is 1. The highest BCUT2D eigenvalue weighted by atomic mass is 35.5. The first-order valence-corrected chi connectivity index (χ1v) is 9.09. The van der Waals surface area contributed by atoms with E-state index in [2.05, 4.69) is 4.74 Å². The molecule has 0 aliphatic carbocycles. The number of sulfonamides is 1. The molecule has 2 rings (SSSR count). The highest BCUT2D eigenvalue weighted by molar-refractivity contribution is 7.92. The minimum Gasteiger partial charge on any atom is -0.468 e. The minimum absolute atomic E-state index is 0.0135. The Morgan fingerprint density at radius 3 is 2.38 bits per heavy atom. The molecule has 0 aliphatic rings. The van der Waals surface area contributed by atoms with E-state index in [4.69, 9.17) is 11.6 Å². The standard InChI is InChI=1S/C16H15ClN2O6S/c1-11-14(4-3-5-15(11)19(21)22)18(10-16(20)25-2)26(23,24)13-8-6-12(17)7-9-13/h3-9H,10H2,1-2H3. The maximum absolute atomic E-state index is 13.0. The molecule has 138 valence electrons. The molecule has 0 N–H and O–H groups in total. The Balaban J connectivity index is 2.65. The summed E-state index contributed by atoms with van der Waals surface area (Å²) in [5.41, 5.74) is -0.137. The number of hydrogen-bond donors (Lipinski definition) is 0. The number of nitro groups is 1. The molecule has 0 fully saturated rings. The van der Waals surface area contributed by atoms with Gasteiger partial charge in [0.2, 0.25) is 0 Å². The SMILES string of the molecule is COC(=O)CN(c1cccc([N+](=O)[O-])c1C)S(=O)(=O)c1ccc(Cl)cc1. The first kappa shape index (κ1) is 19.7. The Kier molecular flexibility index (Phi) is 5.83. The lowest BCUT2D eigenvalue weighted by Crippen LogP contribution is -2.36. The van der Waals surface area contributed by atoms with Gasteiger partial charge in [0, 0.05) is 11.1 Å². The average Bonchev–Trinajstić information content (AvgIpc) is 2.60. The minimum atomic E-state index is -4.19. The van der Waals surface area contributed by atoms with E-state index in [1.807, 2.05) is 0 Å². The van der Waals surface area contributed by atoms with Gasteiger partial charge in [-0.25, -0.2) is 8.42 Å². The van der Waals surface area contributed by atoms with Crippen LogP contribution >= 0.6 is 11.6 Å². The van der Waals surface area contributed by atoms with Crippen LogP contribution < -0.4 is 4.31 Å². The Hall–Kier alpha value is -2.65. The zero-order valence-electron chi connectivity index (χ0n) is 13.9. The molecule has 10 heteroatoms. The quantitative estimate of drug-likeness (QED) is 0.420. The summed E-state index contributed by atoms with van der Waals surface area (Å²) in [6.07, 6.45) is 0. The van der Waals surface area contributed by atoms with Crippen molar-refractivity contribution in [3.63, 3.8) is 0 Å². The van der Waals surface area contributed by atoms with Crippen molar-refractivity contribution in [3.8, 4) is 0 Å². The number of esters is 1. The fourth-order valence-corrected chi connectivity index (χ4v) is 3.89. The van der Waals surface area contributed by atoms with Crippen molar-refractivity contribution in [2.24, 2.45) is 0 Å². The van der Waals surface area contributed by atoms with Gasteiger partial charge < -0.3 is 4.74 Å². The van der Waals surface area contributed by atoms with Crippen LogP contribution in [0.4, 0.5) is 11.4 Å². The molecule has 0 radical (unpaired) electrons. The number of nitro benzene ring substituents is 1. The average molecular weight is 399 g/mol. The van der Waals surface area contributed by atoms with E-state index >= 15 is 0 Å². The predicted molar refractivity (Wildman–Crippen MR) is 95.8 cm³/mol. The summed E-state index contributed by atoms with van der Waals surface area (Å²) in [6.45, 7) is 0.776. The zero-order valence-corrected chi connectivity index (χ0v) is 15.5. The van der Waals surface area contributed by atoms with Crippen LogP contribution in [-0.4, -0.2) is 33.0 Å². The molecule has 0 aliphatic heterocycles. The van der Waals surface area contributed by atoms with Crippen molar-refractivity contribution < 1.29 is 22.9 Å². The third-order valence-corrected chi connectivity index (χ3v) is 5.67. The number of anilines is 1. The third kappa shape index (κ3) is 3.94. The van der Waals surface area contributed by atoms with E-state index in [0.29, 0.717) is 5.02 Å². The lowest BCUT2D eigenvalue weighted by atomic mass is 10.1. The lowest BCUT2D eigenvalue weighted by molar-refractivity contribution is -0.385. The van der Waals surface area contributed by atoms with Crippen molar-refractivity contribution in [1.29, 1.82) is 0 Å². The van der Waals surface area contributed by atoms with Gasteiger partial charge in [-0.1, -0.05) is 17.7 Å². The molecule has 0 aromatic heterocycles. The molecule has 0 heterocycles. The van der Waals surface area contributed by atoms with Crippen LogP contribution in [0.15, 0.2) is 47.4 Å². The van der Waals surface area contributed by atoms with Crippen LogP contribution in [0.3, 0.4) is 0 Å². The maximum atomic E-state index is 13.0. The largest absolute Gasteiger partial charge is 0.468 e. The fourth-order valence-electron chi connectivity index (χ4n) is 2.29. The number of halogens is 1. The molecule has 2 aromatic rings. The molecule has 2 aromatic carbocycles. The molecule has 26 heavy (non-hydrogen) atoms. The Morgan fingerprint density at radius 1 is 1.23 bits per heavy atom. The normalized spacial score (nSPS) is 11.0. The van der Waals surface area contributed by atoms with Crippen LogP contribution in [0.1, 0.15) is 5.56 Å². The van der Waals surface area contributed by atoms with Gasteiger partial charge in [0.05, 0.1) is 28.2 Å². The molecule has 0 spiro atoms. The van der Waals surface area contributed by atoms with Crippen molar-refractivity contribution >= 4 is 39.0 Å². The highest BCUT2D eigenvalue weighted by Crippen LogP contribution is 2.32. The summed E-state index contributed by atoms with van der Waals surface area (Å²) in [7, 11) is -3.07. The van der Waals surface area contributed by atoms with E-state index in [1.165, 1.54) is 49.4 Å². The molecule has 0 saturated heterocycles. The van der Waals surface area contributed by atoms with Gasteiger partial charge in [-0.15, -0.1) is 0 Å². The predicted octanol–water partition coefficient (Wildman–Crippen LogP) is 2.92. The number of carbonyl (C=O) groups is 1. The van der Waals surface area contributed by atoms with E-state index in [0.717, 1.165) is 11.4 Å². The van der Waals surface area contributed by atoms with Gasteiger partial charge in [0.15, 0.2) is 0 Å². The Bertz CT molecular complexity index is 944. The highest BCUT2D eigenvalue weighted by Gasteiger charge is 2.30. The van der Waals surface area contributed by atoms with Gasteiger partial charge >= 0.3 is 5.97 Å². The Morgan fingerprint density at radius 2 is 1.85 bits per heavy atom. The monoisotopic (exact) mass is 398 g/mol. The van der Waals surface area contributed by atoms with E-state index in [9.17, 15) is 23.3 Å². The number of carbonyl (C=O) groups excluding carboxylic acids is 1. The lowest BCUT2D eigenvalue weighted by Gasteiger charge is -2.24. The number of ether oxygens (including phenoxy) is 1. The first-order chi connectivity index (χ1) is 12.2. The van der Waals surface area contributed by atoms with Crippen LogP contribution in [0.25, 0.3) is 0 Å². The second kappa shape index (κ2) is 7.71. The molecule has 0 bridgehead atoms. The van der Waals surface area contributed by atoms with Crippen LogP contribution in [-0.2, 0) is 19.6 Å². The third-order valence-electron chi connectivity index (χ3n) is 3.64. The summed E-state index contributed by atoms with van der Waals surface area (Å²) in [5.74, 6) is -0.812. The van der Waals surface area contributed by atoms with Crippen molar-refractivity contribution in [2.75, 3.05) is 18.0 Å². The summed E-state index contributed by atoms with van der Waals surface area (Å²) < 4.78 is 31.4. The van der Waals surface area contributed by atoms with E-state index in [-0.39, 0.29) is 21.8 Å². The van der Waals surface area contributed by atoms with Gasteiger partial charge in [-0.3, -0.25) is 19.2 Å². The van der Waals surface area contributed by atoms with Gasteiger partial charge in [0.25, 0.3) is 15.7 Å². The first-order valence-electron chi connectivity index (χ1n) is 7.27. The van der Waals surface area contributed by atoms with Crippen LogP contribution in [0.5, 0.6) is 0 Å². The zero-order chi connectivity index (χ0) is 19.5.